The molecule has 0 spiro atoms. The van der Waals surface area contributed by atoms with E-state index >= 15 is 0 Å². The van der Waals surface area contributed by atoms with Crippen LogP contribution in [0.25, 0.3) is 0 Å². The minimum absolute atomic E-state index is 0. The van der Waals surface area contributed by atoms with E-state index in [1.165, 1.54) is 6.42 Å². The number of aliphatic imine (C=N–C) groups is 1. The van der Waals surface area contributed by atoms with Crippen LogP contribution in [0.4, 0.5) is 0 Å². The van der Waals surface area contributed by atoms with Gasteiger partial charge in [-0.15, -0.1) is 24.0 Å². The number of rotatable bonds is 11. The molecule has 0 fully saturated rings. The molecule has 6 nitrogen and oxygen atoms in total. The van der Waals surface area contributed by atoms with Crippen LogP contribution in [0, 0.1) is 5.92 Å². The van der Waals surface area contributed by atoms with Gasteiger partial charge in [0.25, 0.3) is 0 Å². The van der Waals surface area contributed by atoms with E-state index in [-0.39, 0.29) is 24.0 Å². The van der Waals surface area contributed by atoms with Crippen LogP contribution < -0.4 is 10.6 Å². The van der Waals surface area contributed by atoms with Crippen molar-refractivity contribution in [1.29, 1.82) is 0 Å². The van der Waals surface area contributed by atoms with Gasteiger partial charge in [-0.3, -0.25) is 9.67 Å². The number of nitrogens with one attached hydrogen (secondary N) is 2. The third kappa shape index (κ3) is 11.4. The van der Waals surface area contributed by atoms with Crippen LogP contribution in [0.3, 0.4) is 0 Å². The summed E-state index contributed by atoms with van der Waals surface area (Å²) in [5, 5.41) is 10.9. The minimum atomic E-state index is 0. The van der Waals surface area contributed by atoms with Crippen molar-refractivity contribution >= 4 is 29.9 Å². The fourth-order valence-corrected chi connectivity index (χ4v) is 2.01. The molecule has 1 aromatic heterocycles. The van der Waals surface area contributed by atoms with Gasteiger partial charge in [0.15, 0.2) is 5.96 Å². The first-order valence-corrected chi connectivity index (χ1v) is 8.26. The molecule has 1 atom stereocenters. The molecule has 23 heavy (non-hydrogen) atoms. The van der Waals surface area contributed by atoms with Gasteiger partial charge >= 0.3 is 0 Å². The zero-order valence-electron chi connectivity index (χ0n) is 14.6. The molecule has 134 valence electrons. The van der Waals surface area contributed by atoms with Crippen LogP contribution in [-0.4, -0.2) is 49.1 Å². The van der Waals surface area contributed by atoms with Gasteiger partial charge in [-0.2, -0.15) is 5.10 Å². The van der Waals surface area contributed by atoms with Crippen LogP contribution >= 0.6 is 24.0 Å². The van der Waals surface area contributed by atoms with Crippen molar-refractivity contribution in [1.82, 2.24) is 20.4 Å². The van der Waals surface area contributed by atoms with Crippen molar-refractivity contribution in [2.45, 2.75) is 39.7 Å². The molecule has 1 unspecified atom stereocenters. The normalized spacial score (nSPS) is 12.6. The van der Waals surface area contributed by atoms with E-state index in [2.05, 4.69) is 34.6 Å². The molecule has 1 aromatic rings. The van der Waals surface area contributed by atoms with Crippen molar-refractivity contribution in [2.75, 3.05) is 33.4 Å². The zero-order valence-corrected chi connectivity index (χ0v) is 17.0. The summed E-state index contributed by atoms with van der Waals surface area (Å²) >= 11 is 0. The van der Waals surface area contributed by atoms with E-state index in [0.29, 0.717) is 5.92 Å². The minimum Gasteiger partial charge on any atom is -0.381 e. The summed E-state index contributed by atoms with van der Waals surface area (Å²) in [4.78, 5) is 4.24. The lowest BCUT2D eigenvalue weighted by molar-refractivity contribution is 0.129. The molecular weight excluding hydrogens is 405 g/mol. The first-order chi connectivity index (χ1) is 10.8. The fraction of sp³-hybridized carbons (Fsp3) is 0.750. The van der Waals surface area contributed by atoms with Gasteiger partial charge in [-0.25, -0.2) is 0 Å². The summed E-state index contributed by atoms with van der Waals surface area (Å²) in [5.41, 5.74) is 0. The molecule has 0 aliphatic rings. The van der Waals surface area contributed by atoms with Gasteiger partial charge in [0.1, 0.15) is 0 Å². The number of guanidine groups is 1. The number of hydrogen-bond donors (Lipinski definition) is 2. The Morgan fingerprint density at radius 2 is 2.09 bits per heavy atom. The molecule has 0 saturated heterocycles. The van der Waals surface area contributed by atoms with Crippen LogP contribution in [0.5, 0.6) is 0 Å². The smallest absolute Gasteiger partial charge is 0.190 e. The van der Waals surface area contributed by atoms with Crippen molar-refractivity contribution in [3.05, 3.63) is 18.5 Å². The molecule has 7 heteroatoms. The first kappa shape index (κ1) is 22.2. The number of hydrogen-bond acceptors (Lipinski definition) is 3. The van der Waals surface area contributed by atoms with Crippen LogP contribution in [0.15, 0.2) is 23.5 Å². The van der Waals surface area contributed by atoms with Crippen LogP contribution in [0.2, 0.25) is 0 Å². The highest BCUT2D eigenvalue weighted by molar-refractivity contribution is 14.0. The summed E-state index contributed by atoms with van der Waals surface area (Å²) in [6.45, 7) is 8.69. The largest absolute Gasteiger partial charge is 0.381 e. The van der Waals surface area contributed by atoms with Crippen LogP contribution in [0.1, 0.15) is 33.1 Å². The van der Waals surface area contributed by atoms with E-state index < -0.39 is 0 Å². The van der Waals surface area contributed by atoms with Crippen molar-refractivity contribution in [3.8, 4) is 0 Å². The van der Waals surface area contributed by atoms with Crippen molar-refractivity contribution in [2.24, 2.45) is 10.9 Å². The lowest BCUT2D eigenvalue weighted by Crippen LogP contribution is -2.40. The van der Waals surface area contributed by atoms with Gasteiger partial charge < -0.3 is 15.4 Å². The Hall–Kier alpha value is -0.830. The second kappa shape index (κ2) is 14.7. The third-order valence-electron chi connectivity index (χ3n) is 3.30. The van der Waals surface area contributed by atoms with Crippen molar-refractivity contribution < 1.29 is 4.74 Å². The maximum absolute atomic E-state index is 5.54. The molecule has 0 amide bonds. The molecule has 1 heterocycles. The fourth-order valence-electron chi connectivity index (χ4n) is 2.01. The SMILES string of the molecule is CCCCOCCCNC(=NC)NCC(C)Cn1cccn1.I. The second-order valence-corrected chi connectivity index (χ2v) is 5.53. The highest BCUT2D eigenvalue weighted by atomic mass is 127. The van der Waals surface area contributed by atoms with Crippen LogP contribution in [-0.2, 0) is 11.3 Å². The Morgan fingerprint density at radius 1 is 1.30 bits per heavy atom. The van der Waals surface area contributed by atoms with Gasteiger partial charge in [-0.1, -0.05) is 20.3 Å². The van der Waals surface area contributed by atoms with E-state index in [0.717, 1.165) is 51.6 Å². The molecule has 0 aliphatic carbocycles. The molecule has 0 radical (unpaired) electrons. The third-order valence-corrected chi connectivity index (χ3v) is 3.30. The standard InChI is InChI=1S/C16H31N5O.HI/c1-4-5-11-22-12-7-8-18-16(17-3)19-13-15(2)14-21-10-6-9-20-21;/h6,9-10,15H,4-5,7-8,11-14H2,1-3H3,(H2,17,18,19);1H. The zero-order chi connectivity index (χ0) is 16.0. The van der Waals surface area contributed by atoms with Crippen molar-refractivity contribution in [3.63, 3.8) is 0 Å². The quantitative estimate of drug-likeness (QED) is 0.242. The topological polar surface area (TPSA) is 63.5 Å². The summed E-state index contributed by atoms with van der Waals surface area (Å²) in [5.74, 6) is 1.33. The van der Waals surface area contributed by atoms with Gasteiger partial charge in [0.05, 0.1) is 0 Å². The average molecular weight is 437 g/mol. The molecule has 2 N–H and O–H groups in total. The lowest BCUT2D eigenvalue weighted by Gasteiger charge is -2.16. The first-order valence-electron chi connectivity index (χ1n) is 8.26. The number of ether oxygens (including phenoxy) is 1. The predicted molar refractivity (Wildman–Crippen MR) is 107 cm³/mol. The summed E-state index contributed by atoms with van der Waals surface area (Å²) in [6.07, 6.45) is 7.12. The summed E-state index contributed by atoms with van der Waals surface area (Å²) in [6, 6.07) is 1.95. The molecular formula is C16H32IN5O. The number of unbranched alkanes of at least 4 members (excludes halogenated alkanes) is 1. The molecule has 0 bridgehead atoms. The summed E-state index contributed by atoms with van der Waals surface area (Å²) < 4.78 is 7.49. The van der Waals surface area contributed by atoms with E-state index in [4.69, 9.17) is 4.74 Å². The van der Waals surface area contributed by atoms with E-state index in [1.54, 1.807) is 7.05 Å². The van der Waals surface area contributed by atoms with E-state index in [1.807, 2.05) is 23.1 Å². The number of halogens is 1. The molecule has 1 rings (SSSR count). The van der Waals surface area contributed by atoms with Gasteiger partial charge in [0, 0.05) is 52.3 Å². The Labute approximate surface area is 157 Å². The molecule has 0 aliphatic heterocycles. The van der Waals surface area contributed by atoms with Gasteiger partial charge in [0.2, 0.25) is 0 Å². The van der Waals surface area contributed by atoms with E-state index in [9.17, 15) is 0 Å². The lowest BCUT2D eigenvalue weighted by atomic mass is 10.2. The molecule has 0 saturated carbocycles. The Balaban J connectivity index is 0.00000484. The maximum atomic E-state index is 5.54. The Morgan fingerprint density at radius 3 is 2.74 bits per heavy atom. The number of nitrogens with zero attached hydrogens (tertiary/aromatic N) is 3. The summed E-state index contributed by atoms with van der Waals surface area (Å²) in [7, 11) is 1.80. The monoisotopic (exact) mass is 437 g/mol. The predicted octanol–water partition coefficient (Wildman–Crippen LogP) is 2.51. The highest BCUT2D eigenvalue weighted by Crippen LogP contribution is 1.97. The maximum Gasteiger partial charge on any atom is 0.190 e. The second-order valence-electron chi connectivity index (χ2n) is 5.53. The highest BCUT2D eigenvalue weighted by Gasteiger charge is 2.05. The Bertz CT molecular complexity index is 397. The Kier molecular flexibility index (Phi) is 14.2. The van der Waals surface area contributed by atoms with Gasteiger partial charge in [-0.05, 0) is 24.8 Å². The molecule has 0 aromatic carbocycles. The average Bonchev–Trinajstić information content (AvgIpc) is 3.02. The number of aromatic nitrogens is 2.